The van der Waals surface area contributed by atoms with Gasteiger partial charge in [0.15, 0.2) is 0 Å². The Balaban J connectivity index is 2.79. The number of para-hydroxylation sites is 1. The molecule has 0 spiro atoms. The van der Waals surface area contributed by atoms with Crippen molar-refractivity contribution in [3.05, 3.63) is 29.8 Å². The predicted octanol–water partition coefficient (Wildman–Crippen LogP) is 1.74. The van der Waals surface area contributed by atoms with Crippen LogP contribution in [0.1, 0.15) is 19.4 Å². The van der Waals surface area contributed by atoms with Gasteiger partial charge in [-0.05, 0) is 27.0 Å². The summed E-state index contributed by atoms with van der Waals surface area (Å²) in [6, 6.07) is 8.13. The maximum absolute atomic E-state index is 5.38. The van der Waals surface area contributed by atoms with Gasteiger partial charge >= 0.3 is 0 Å². The molecule has 0 atom stereocenters. The molecule has 0 aliphatic carbocycles. The molecular weight excluding hydrogens is 200 g/mol. The van der Waals surface area contributed by atoms with Gasteiger partial charge in [-0.2, -0.15) is 0 Å². The molecule has 0 radical (unpaired) electrons. The van der Waals surface area contributed by atoms with E-state index in [4.69, 9.17) is 4.74 Å². The van der Waals surface area contributed by atoms with Gasteiger partial charge in [-0.25, -0.2) is 0 Å². The number of nitrogens with one attached hydrogen (secondary N) is 2. The van der Waals surface area contributed by atoms with Crippen molar-refractivity contribution in [3.63, 3.8) is 0 Å². The highest BCUT2D eigenvalue weighted by molar-refractivity contribution is 5.38. The first-order valence-corrected chi connectivity index (χ1v) is 5.65. The van der Waals surface area contributed by atoms with E-state index in [-0.39, 0.29) is 5.54 Å². The lowest BCUT2D eigenvalue weighted by Gasteiger charge is -2.28. The summed E-state index contributed by atoms with van der Waals surface area (Å²) in [4.78, 5) is 0. The molecule has 16 heavy (non-hydrogen) atoms. The number of hydrogen-bond acceptors (Lipinski definition) is 3. The average Bonchev–Trinajstić information content (AvgIpc) is 2.29. The number of rotatable bonds is 6. The number of methoxy groups -OCH3 is 1. The van der Waals surface area contributed by atoms with Crippen molar-refractivity contribution in [2.45, 2.75) is 19.4 Å². The monoisotopic (exact) mass is 222 g/mol. The zero-order valence-electron chi connectivity index (χ0n) is 10.6. The molecule has 0 unspecified atom stereocenters. The molecule has 2 N–H and O–H groups in total. The minimum absolute atomic E-state index is 0.0799. The highest BCUT2D eigenvalue weighted by Gasteiger charge is 2.22. The highest BCUT2D eigenvalue weighted by atomic mass is 16.5. The third kappa shape index (κ3) is 3.22. The van der Waals surface area contributed by atoms with Gasteiger partial charge in [0.25, 0.3) is 0 Å². The Hall–Kier alpha value is -1.06. The minimum Gasteiger partial charge on any atom is -0.496 e. The first-order chi connectivity index (χ1) is 7.61. The van der Waals surface area contributed by atoms with Crippen LogP contribution < -0.4 is 15.4 Å². The van der Waals surface area contributed by atoms with E-state index in [1.807, 2.05) is 25.2 Å². The SMILES string of the molecule is CNCCNC(C)(C)c1ccccc1OC. The summed E-state index contributed by atoms with van der Waals surface area (Å²) < 4.78 is 5.38. The quantitative estimate of drug-likeness (QED) is 0.719. The van der Waals surface area contributed by atoms with E-state index >= 15 is 0 Å². The molecule has 0 amide bonds. The summed E-state index contributed by atoms with van der Waals surface area (Å²) in [6.07, 6.45) is 0. The van der Waals surface area contributed by atoms with Gasteiger partial charge in [0, 0.05) is 24.2 Å². The van der Waals surface area contributed by atoms with Crippen molar-refractivity contribution in [1.82, 2.24) is 10.6 Å². The number of benzene rings is 1. The summed E-state index contributed by atoms with van der Waals surface area (Å²) in [6.45, 7) is 6.22. The van der Waals surface area contributed by atoms with Gasteiger partial charge in [0.2, 0.25) is 0 Å². The molecule has 3 nitrogen and oxygen atoms in total. The van der Waals surface area contributed by atoms with Crippen molar-refractivity contribution >= 4 is 0 Å². The Bertz CT molecular complexity index is 323. The second-order valence-corrected chi connectivity index (χ2v) is 4.36. The van der Waals surface area contributed by atoms with Crippen molar-refractivity contribution in [2.75, 3.05) is 27.2 Å². The first kappa shape index (κ1) is 13.0. The van der Waals surface area contributed by atoms with E-state index in [1.165, 1.54) is 5.56 Å². The molecule has 1 aromatic carbocycles. The van der Waals surface area contributed by atoms with E-state index in [2.05, 4.69) is 30.5 Å². The summed E-state index contributed by atoms with van der Waals surface area (Å²) >= 11 is 0. The van der Waals surface area contributed by atoms with Gasteiger partial charge < -0.3 is 15.4 Å². The Morgan fingerprint density at radius 2 is 1.88 bits per heavy atom. The maximum atomic E-state index is 5.38. The van der Waals surface area contributed by atoms with Crippen molar-refractivity contribution in [3.8, 4) is 5.75 Å². The molecule has 90 valence electrons. The molecule has 0 saturated carbocycles. The predicted molar refractivity (Wildman–Crippen MR) is 67.9 cm³/mol. The van der Waals surface area contributed by atoms with Gasteiger partial charge in [-0.1, -0.05) is 18.2 Å². The highest BCUT2D eigenvalue weighted by Crippen LogP contribution is 2.28. The largest absolute Gasteiger partial charge is 0.496 e. The third-order valence-corrected chi connectivity index (χ3v) is 2.72. The van der Waals surface area contributed by atoms with Crippen LogP contribution in [0.15, 0.2) is 24.3 Å². The lowest BCUT2D eigenvalue weighted by Crippen LogP contribution is -2.40. The van der Waals surface area contributed by atoms with E-state index in [0.717, 1.165) is 18.8 Å². The van der Waals surface area contributed by atoms with E-state index in [0.29, 0.717) is 0 Å². The van der Waals surface area contributed by atoms with Crippen LogP contribution in [0.25, 0.3) is 0 Å². The van der Waals surface area contributed by atoms with Crippen molar-refractivity contribution in [1.29, 1.82) is 0 Å². The Morgan fingerprint density at radius 3 is 2.50 bits per heavy atom. The molecule has 1 aromatic rings. The Kier molecular flexibility index (Phi) is 4.77. The average molecular weight is 222 g/mol. The van der Waals surface area contributed by atoms with Gasteiger partial charge in [-0.3, -0.25) is 0 Å². The number of likely N-dealkylation sites (N-methyl/N-ethyl adjacent to an activating group) is 1. The fourth-order valence-corrected chi connectivity index (χ4v) is 1.76. The van der Waals surface area contributed by atoms with E-state index in [9.17, 15) is 0 Å². The fraction of sp³-hybridized carbons (Fsp3) is 0.538. The normalized spacial score (nSPS) is 11.5. The fourth-order valence-electron chi connectivity index (χ4n) is 1.76. The molecule has 0 aliphatic heterocycles. The lowest BCUT2D eigenvalue weighted by atomic mass is 9.93. The van der Waals surface area contributed by atoms with Crippen LogP contribution in [-0.2, 0) is 5.54 Å². The zero-order chi connectivity index (χ0) is 12.0. The topological polar surface area (TPSA) is 33.3 Å². The van der Waals surface area contributed by atoms with Crippen LogP contribution in [-0.4, -0.2) is 27.2 Å². The standard InChI is InChI=1S/C13H22N2O/c1-13(2,15-10-9-14-3)11-7-5-6-8-12(11)16-4/h5-8,14-15H,9-10H2,1-4H3. The second-order valence-electron chi connectivity index (χ2n) is 4.36. The van der Waals surface area contributed by atoms with Gasteiger partial charge in [-0.15, -0.1) is 0 Å². The maximum Gasteiger partial charge on any atom is 0.123 e. The Labute approximate surface area is 98.2 Å². The molecule has 0 heterocycles. The molecule has 0 aromatic heterocycles. The molecule has 1 rings (SSSR count). The summed E-state index contributed by atoms with van der Waals surface area (Å²) in [5, 5.41) is 6.64. The molecule has 0 saturated heterocycles. The number of ether oxygens (including phenoxy) is 1. The van der Waals surface area contributed by atoms with Crippen LogP contribution in [0.2, 0.25) is 0 Å². The van der Waals surface area contributed by atoms with Crippen LogP contribution in [0, 0.1) is 0 Å². The summed E-state index contributed by atoms with van der Waals surface area (Å²) in [7, 11) is 3.67. The first-order valence-electron chi connectivity index (χ1n) is 5.65. The van der Waals surface area contributed by atoms with Crippen LogP contribution in [0.4, 0.5) is 0 Å². The third-order valence-electron chi connectivity index (χ3n) is 2.72. The summed E-state index contributed by atoms with van der Waals surface area (Å²) in [5.74, 6) is 0.935. The zero-order valence-corrected chi connectivity index (χ0v) is 10.6. The second kappa shape index (κ2) is 5.87. The molecule has 3 heteroatoms. The van der Waals surface area contributed by atoms with Crippen LogP contribution in [0.3, 0.4) is 0 Å². The van der Waals surface area contributed by atoms with Crippen LogP contribution >= 0.6 is 0 Å². The molecule has 0 fully saturated rings. The van der Waals surface area contributed by atoms with Crippen LogP contribution in [0.5, 0.6) is 5.75 Å². The number of hydrogen-bond donors (Lipinski definition) is 2. The van der Waals surface area contributed by atoms with E-state index < -0.39 is 0 Å². The van der Waals surface area contributed by atoms with Gasteiger partial charge in [0.05, 0.1) is 7.11 Å². The summed E-state index contributed by atoms with van der Waals surface area (Å²) in [5.41, 5.74) is 1.11. The van der Waals surface area contributed by atoms with Gasteiger partial charge in [0.1, 0.15) is 5.75 Å². The Morgan fingerprint density at radius 1 is 1.19 bits per heavy atom. The molecule has 0 bridgehead atoms. The molecular formula is C13H22N2O. The molecule has 0 aliphatic rings. The minimum atomic E-state index is -0.0799. The smallest absolute Gasteiger partial charge is 0.123 e. The lowest BCUT2D eigenvalue weighted by molar-refractivity contribution is 0.360. The van der Waals surface area contributed by atoms with E-state index in [1.54, 1.807) is 7.11 Å². The van der Waals surface area contributed by atoms with Crippen molar-refractivity contribution in [2.24, 2.45) is 0 Å². The van der Waals surface area contributed by atoms with Crippen molar-refractivity contribution < 1.29 is 4.74 Å².